The van der Waals surface area contributed by atoms with Crippen molar-refractivity contribution in [1.82, 2.24) is 0 Å². The maximum Gasteiger partial charge on any atom is 0.231 e. The van der Waals surface area contributed by atoms with Gasteiger partial charge in [-0.05, 0) is 24.6 Å². The Balaban J connectivity index is 2.28. The Bertz CT molecular complexity index is 338. The SMILES string of the molecule is CC(N)[C@H](O)c1ccc2c(c1)OCO2. The van der Waals surface area contributed by atoms with Crippen LogP contribution in [-0.2, 0) is 0 Å². The summed E-state index contributed by atoms with van der Waals surface area (Å²) in [6, 6.07) is 5.04. The van der Waals surface area contributed by atoms with Crippen molar-refractivity contribution in [3.8, 4) is 11.5 Å². The van der Waals surface area contributed by atoms with Gasteiger partial charge in [-0.1, -0.05) is 6.07 Å². The highest BCUT2D eigenvalue weighted by Gasteiger charge is 2.18. The lowest BCUT2D eigenvalue weighted by atomic mass is 10.0. The fourth-order valence-corrected chi connectivity index (χ4v) is 1.40. The third-order valence-electron chi connectivity index (χ3n) is 2.24. The first-order valence-electron chi connectivity index (χ1n) is 4.51. The summed E-state index contributed by atoms with van der Waals surface area (Å²) in [5.74, 6) is 1.38. The van der Waals surface area contributed by atoms with Crippen LogP contribution in [0.2, 0.25) is 0 Å². The molecule has 1 heterocycles. The second-order valence-corrected chi connectivity index (χ2v) is 3.42. The minimum Gasteiger partial charge on any atom is -0.454 e. The lowest BCUT2D eigenvalue weighted by Crippen LogP contribution is -2.24. The molecule has 3 N–H and O–H groups in total. The monoisotopic (exact) mass is 195 g/mol. The first-order chi connectivity index (χ1) is 6.68. The van der Waals surface area contributed by atoms with Gasteiger partial charge in [0.05, 0.1) is 6.10 Å². The maximum atomic E-state index is 9.71. The smallest absolute Gasteiger partial charge is 0.231 e. The molecule has 0 radical (unpaired) electrons. The van der Waals surface area contributed by atoms with E-state index in [2.05, 4.69) is 0 Å². The van der Waals surface area contributed by atoms with Gasteiger partial charge in [0.15, 0.2) is 11.5 Å². The Labute approximate surface area is 82.2 Å². The van der Waals surface area contributed by atoms with E-state index in [1.807, 2.05) is 0 Å². The van der Waals surface area contributed by atoms with Crippen molar-refractivity contribution in [3.05, 3.63) is 23.8 Å². The Kier molecular flexibility index (Phi) is 2.31. The zero-order valence-electron chi connectivity index (χ0n) is 7.93. The third kappa shape index (κ3) is 1.54. The van der Waals surface area contributed by atoms with Crippen LogP contribution in [0.5, 0.6) is 11.5 Å². The average molecular weight is 195 g/mol. The minimum atomic E-state index is -0.663. The molecular formula is C10H13NO3. The fourth-order valence-electron chi connectivity index (χ4n) is 1.40. The van der Waals surface area contributed by atoms with Crippen molar-refractivity contribution < 1.29 is 14.6 Å². The van der Waals surface area contributed by atoms with E-state index in [4.69, 9.17) is 15.2 Å². The molecule has 0 amide bonds. The lowest BCUT2D eigenvalue weighted by molar-refractivity contribution is 0.152. The van der Waals surface area contributed by atoms with Gasteiger partial charge in [-0.2, -0.15) is 0 Å². The summed E-state index contributed by atoms with van der Waals surface area (Å²) >= 11 is 0. The zero-order valence-corrected chi connectivity index (χ0v) is 7.93. The van der Waals surface area contributed by atoms with Gasteiger partial charge in [-0.3, -0.25) is 0 Å². The number of aliphatic hydroxyl groups is 1. The Morgan fingerprint density at radius 3 is 2.79 bits per heavy atom. The number of hydrogen-bond acceptors (Lipinski definition) is 4. The van der Waals surface area contributed by atoms with Crippen molar-refractivity contribution >= 4 is 0 Å². The fraction of sp³-hybridized carbons (Fsp3) is 0.400. The van der Waals surface area contributed by atoms with Gasteiger partial charge in [0.2, 0.25) is 6.79 Å². The molecule has 0 bridgehead atoms. The van der Waals surface area contributed by atoms with Crippen LogP contribution >= 0.6 is 0 Å². The number of nitrogens with two attached hydrogens (primary N) is 1. The molecule has 0 aliphatic carbocycles. The van der Waals surface area contributed by atoms with Crippen LogP contribution in [0.25, 0.3) is 0 Å². The van der Waals surface area contributed by atoms with E-state index in [1.54, 1.807) is 25.1 Å². The predicted octanol–water partition coefficient (Wildman–Crippen LogP) is 0.796. The van der Waals surface area contributed by atoms with Crippen LogP contribution in [0.1, 0.15) is 18.6 Å². The molecule has 0 saturated carbocycles. The van der Waals surface area contributed by atoms with Gasteiger partial charge in [-0.25, -0.2) is 0 Å². The number of hydrogen-bond donors (Lipinski definition) is 2. The molecule has 0 aromatic heterocycles. The van der Waals surface area contributed by atoms with Crippen molar-refractivity contribution in [2.75, 3.05) is 6.79 Å². The number of aliphatic hydroxyl groups excluding tert-OH is 1. The molecule has 1 aliphatic rings. The summed E-state index contributed by atoms with van der Waals surface area (Å²) in [5, 5.41) is 9.71. The largest absolute Gasteiger partial charge is 0.454 e. The lowest BCUT2D eigenvalue weighted by Gasteiger charge is -2.14. The summed E-state index contributed by atoms with van der Waals surface area (Å²) < 4.78 is 10.4. The molecule has 1 aromatic rings. The van der Waals surface area contributed by atoms with Gasteiger partial charge >= 0.3 is 0 Å². The van der Waals surface area contributed by atoms with Crippen LogP contribution < -0.4 is 15.2 Å². The highest BCUT2D eigenvalue weighted by atomic mass is 16.7. The van der Waals surface area contributed by atoms with E-state index < -0.39 is 6.10 Å². The Morgan fingerprint density at radius 1 is 1.36 bits per heavy atom. The standard InChI is InChI=1S/C10H13NO3/c1-6(11)10(12)7-2-3-8-9(4-7)14-5-13-8/h2-4,6,10,12H,5,11H2,1H3/t6?,10-/m0/s1. The van der Waals surface area contributed by atoms with Gasteiger partial charge in [0.25, 0.3) is 0 Å². The van der Waals surface area contributed by atoms with Gasteiger partial charge in [0.1, 0.15) is 0 Å². The van der Waals surface area contributed by atoms with Crippen molar-refractivity contribution in [3.63, 3.8) is 0 Å². The van der Waals surface area contributed by atoms with Crippen molar-refractivity contribution in [2.45, 2.75) is 19.1 Å². The van der Waals surface area contributed by atoms with Crippen LogP contribution in [0.15, 0.2) is 18.2 Å². The molecule has 76 valence electrons. The third-order valence-corrected chi connectivity index (χ3v) is 2.24. The minimum absolute atomic E-state index is 0.243. The molecule has 2 rings (SSSR count). The van der Waals surface area contributed by atoms with E-state index >= 15 is 0 Å². The van der Waals surface area contributed by atoms with Crippen LogP contribution in [0.4, 0.5) is 0 Å². The summed E-state index contributed by atoms with van der Waals surface area (Å²) in [5.41, 5.74) is 6.35. The molecule has 0 fully saturated rings. The summed E-state index contributed by atoms with van der Waals surface area (Å²) in [6.45, 7) is 2.00. The van der Waals surface area contributed by atoms with E-state index in [9.17, 15) is 5.11 Å². The predicted molar refractivity (Wildman–Crippen MR) is 51.2 cm³/mol. The summed E-state index contributed by atoms with van der Waals surface area (Å²) in [7, 11) is 0. The van der Waals surface area contributed by atoms with E-state index in [-0.39, 0.29) is 12.8 Å². The van der Waals surface area contributed by atoms with Crippen LogP contribution in [-0.4, -0.2) is 17.9 Å². The molecule has 14 heavy (non-hydrogen) atoms. The van der Waals surface area contributed by atoms with Crippen LogP contribution in [0.3, 0.4) is 0 Å². The van der Waals surface area contributed by atoms with E-state index in [1.165, 1.54) is 0 Å². The molecule has 4 nitrogen and oxygen atoms in total. The number of rotatable bonds is 2. The van der Waals surface area contributed by atoms with E-state index in [0.717, 1.165) is 5.56 Å². The van der Waals surface area contributed by atoms with E-state index in [0.29, 0.717) is 11.5 Å². The molecule has 4 heteroatoms. The van der Waals surface area contributed by atoms with Gasteiger partial charge in [-0.15, -0.1) is 0 Å². The topological polar surface area (TPSA) is 64.7 Å². The summed E-state index contributed by atoms with van der Waals surface area (Å²) in [4.78, 5) is 0. The van der Waals surface area contributed by atoms with Crippen molar-refractivity contribution in [2.24, 2.45) is 5.73 Å². The molecule has 0 spiro atoms. The molecule has 1 aliphatic heterocycles. The molecule has 1 unspecified atom stereocenters. The maximum absolute atomic E-state index is 9.71. The van der Waals surface area contributed by atoms with Gasteiger partial charge < -0.3 is 20.3 Å². The quantitative estimate of drug-likeness (QED) is 0.732. The molecule has 0 saturated heterocycles. The molecule has 1 aromatic carbocycles. The normalized spacial score (nSPS) is 17.9. The zero-order chi connectivity index (χ0) is 10.1. The number of fused-ring (bicyclic) bond motifs is 1. The Morgan fingerprint density at radius 2 is 2.07 bits per heavy atom. The van der Waals surface area contributed by atoms with Gasteiger partial charge in [0, 0.05) is 6.04 Å². The highest BCUT2D eigenvalue weighted by Crippen LogP contribution is 2.34. The first kappa shape index (κ1) is 9.30. The highest BCUT2D eigenvalue weighted by molar-refractivity contribution is 5.45. The first-order valence-corrected chi connectivity index (χ1v) is 4.51. The number of benzene rings is 1. The summed E-state index contributed by atoms with van der Waals surface area (Å²) in [6.07, 6.45) is -0.663. The average Bonchev–Trinajstić information content (AvgIpc) is 2.62. The molecular weight excluding hydrogens is 182 g/mol. The number of ether oxygens (including phenoxy) is 2. The van der Waals surface area contributed by atoms with Crippen LogP contribution in [0, 0.1) is 0 Å². The second kappa shape index (κ2) is 3.48. The second-order valence-electron chi connectivity index (χ2n) is 3.42. The molecule has 2 atom stereocenters. The van der Waals surface area contributed by atoms with Crippen molar-refractivity contribution in [1.29, 1.82) is 0 Å². The Hall–Kier alpha value is -1.26.